The molecule has 7 heteroatoms. The van der Waals surface area contributed by atoms with Gasteiger partial charge >= 0.3 is 0 Å². The second kappa shape index (κ2) is 8.57. The largest absolute Gasteiger partial charge is 0.309 e. The molecule has 1 heterocycles. The molecule has 0 spiro atoms. The van der Waals surface area contributed by atoms with E-state index >= 15 is 0 Å². The van der Waals surface area contributed by atoms with Crippen molar-refractivity contribution < 1.29 is 15.9 Å². The van der Waals surface area contributed by atoms with Gasteiger partial charge in [-0.2, -0.15) is 0 Å². The monoisotopic (exact) mass is 324 g/mol. The Hall–Kier alpha value is -2.02. The van der Waals surface area contributed by atoms with Gasteiger partial charge in [-0.15, -0.1) is 10.2 Å². The molecule has 1 unspecified atom stereocenters. The average molecular weight is 324 g/mol. The zero-order valence-corrected chi connectivity index (χ0v) is 13.2. The van der Waals surface area contributed by atoms with Crippen LogP contribution in [-0.4, -0.2) is 28.6 Å². The van der Waals surface area contributed by atoms with Gasteiger partial charge in [0.25, 0.3) is 5.91 Å². The molecule has 1 aromatic heterocycles. The van der Waals surface area contributed by atoms with Gasteiger partial charge in [0.05, 0.1) is 6.61 Å². The van der Waals surface area contributed by atoms with Crippen LogP contribution < -0.4 is 10.8 Å². The predicted octanol–water partition coefficient (Wildman–Crippen LogP) is 2.90. The highest BCUT2D eigenvalue weighted by Crippen LogP contribution is 2.30. The molecular formula is C16H28N4O3. The van der Waals surface area contributed by atoms with Crippen molar-refractivity contribution >= 4 is 17.6 Å². The molecule has 1 atom stereocenters. The molecule has 1 aliphatic carbocycles. The minimum absolute atomic E-state index is 0. The van der Waals surface area contributed by atoms with Crippen molar-refractivity contribution in [2.45, 2.75) is 53.4 Å². The normalized spacial score (nSPS) is 14.6. The number of hydrogen-bond acceptors (Lipinski definition) is 5. The van der Waals surface area contributed by atoms with Crippen LogP contribution in [0.15, 0.2) is 6.07 Å². The molecule has 0 saturated heterocycles. The Kier molecular flexibility index (Phi) is 7.09. The number of carbonyl (C=O) groups excluding carboxylic acids is 2. The summed E-state index contributed by atoms with van der Waals surface area (Å²) in [5, 5.41) is 10.7. The molecule has 2 amide bonds. The molecular weight excluding hydrogens is 296 g/mol. The van der Waals surface area contributed by atoms with E-state index in [9.17, 15) is 9.59 Å². The lowest BCUT2D eigenvalue weighted by molar-refractivity contribution is -0.117. The number of nitrogens with zero attached hydrogens (tertiary/aromatic N) is 2. The van der Waals surface area contributed by atoms with Crippen LogP contribution in [0.1, 0.15) is 70.9 Å². The third-order valence-electron chi connectivity index (χ3n) is 3.69. The quantitative estimate of drug-likeness (QED) is 0.752. The zero-order valence-electron chi connectivity index (χ0n) is 13.2. The summed E-state index contributed by atoms with van der Waals surface area (Å²) in [7, 11) is 0. The van der Waals surface area contributed by atoms with Gasteiger partial charge in [-0.05, 0) is 43.7 Å². The Labute approximate surface area is 138 Å². The van der Waals surface area contributed by atoms with E-state index in [1.807, 2.05) is 13.8 Å². The fraction of sp³-hybridized carbons (Fsp3) is 0.625. The highest BCUT2D eigenvalue weighted by atomic mass is 16.6. The number of aromatic nitrogens is 2. The summed E-state index contributed by atoms with van der Waals surface area (Å²) >= 11 is 0. The maximum Gasteiger partial charge on any atom is 0.295 e. The molecule has 0 aromatic carbocycles. The lowest BCUT2D eigenvalue weighted by Gasteiger charge is -2.14. The number of hydrogen-bond donors (Lipinski definition) is 2. The van der Waals surface area contributed by atoms with Gasteiger partial charge in [-0.1, -0.05) is 21.3 Å². The third-order valence-corrected chi connectivity index (χ3v) is 3.69. The van der Waals surface area contributed by atoms with Gasteiger partial charge in [0, 0.05) is 7.34 Å². The number of anilines is 1. The molecule has 23 heavy (non-hydrogen) atoms. The summed E-state index contributed by atoms with van der Waals surface area (Å²) in [6, 6.07) is 1.72. The van der Waals surface area contributed by atoms with E-state index in [0.29, 0.717) is 12.4 Å². The first-order valence-corrected chi connectivity index (χ1v) is 7.67. The molecule has 2 N–H and O–H groups in total. The third kappa shape index (κ3) is 4.99. The Bertz CT molecular complexity index is 564. The van der Waals surface area contributed by atoms with Gasteiger partial charge < -0.3 is 5.32 Å². The first-order valence-electron chi connectivity index (χ1n) is 7.67. The van der Waals surface area contributed by atoms with E-state index in [1.54, 1.807) is 13.0 Å². The molecule has 1 fully saturated rings. The molecule has 1 aromatic rings. The van der Waals surface area contributed by atoms with Crippen molar-refractivity contribution in [1.82, 2.24) is 15.7 Å². The first-order chi connectivity index (χ1) is 10.6. The van der Waals surface area contributed by atoms with Crippen molar-refractivity contribution in [3.05, 3.63) is 17.3 Å². The number of rotatable bonds is 7. The van der Waals surface area contributed by atoms with Crippen LogP contribution in [0.3, 0.4) is 0 Å². The molecule has 2 rings (SSSR count). The molecule has 0 aliphatic heterocycles. The summed E-state index contributed by atoms with van der Waals surface area (Å²) in [6.45, 7) is 6.17. The van der Waals surface area contributed by atoms with Crippen LogP contribution >= 0.6 is 0 Å². The fourth-order valence-corrected chi connectivity index (χ4v) is 2.00. The van der Waals surface area contributed by atoms with E-state index in [0.717, 1.165) is 24.8 Å². The lowest BCUT2D eigenvalue weighted by atomic mass is 9.97. The smallest absolute Gasteiger partial charge is 0.295 e. The van der Waals surface area contributed by atoms with E-state index in [-0.39, 0.29) is 32.3 Å². The molecule has 7 nitrogen and oxygen atoms in total. The molecule has 130 valence electrons. The summed E-state index contributed by atoms with van der Waals surface area (Å²) < 4.78 is 0. The van der Waals surface area contributed by atoms with Crippen molar-refractivity contribution in [1.29, 1.82) is 0 Å². The van der Waals surface area contributed by atoms with Crippen molar-refractivity contribution in [3.8, 4) is 0 Å². The minimum Gasteiger partial charge on any atom is -0.309 e. The topological polar surface area (TPSA) is 93.2 Å². The molecule has 0 bridgehead atoms. The SMILES string of the molecule is C.CCONC(=O)c1nnc(NC(=O)C2CC2)cc1C(C)CC.[HH]. The predicted molar refractivity (Wildman–Crippen MR) is 90.0 cm³/mol. The van der Waals surface area contributed by atoms with Gasteiger partial charge in [0.15, 0.2) is 11.5 Å². The maximum atomic E-state index is 12.1. The van der Waals surface area contributed by atoms with Crippen LogP contribution in [0.4, 0.5) is 5.82 Å². The Balaban J connectivity index is 0.00000264. The van der Waals surface area contributed by atoms with Crippen LogP contribution in [0, 0.1) is 5.92 Å². The van der Waals surface area contributed by atoms with Crippen LogP contribution in [0.2, 0.25) is 0 Å². The van der Waals surface area contributed by atoms with Gasteiger partial charge in [-0.3, -0.25) is 14.4 Å². The van der Waals surface area contributed by atoms with Gasteiger partial charge in [0.2, 0.25) is 5.91 Å². The molecule has 0 radical (unpaired) electrons. The number of carbonyl (C=O) groups is 2. The second-order valence-corrected chi connectivity index (χ2v) is 5.47. The fourth-order valence-electron chi connectivity index (χ4n) is 2.00. The maximum absolute atomic E-state index is 12.1. The van der Waals surface area contributed by atoms with E-state index in [1.165, 1.54) is 0 Å². The van der Waals surface area contributed by atoms with Gasteiger partial charge in [0.1, 0.15) is 0 Å². The standard InChI is InChI=1S/C15H22N4O3.CH4.H2/c1-4-9(3)11-8-12(16-14(20)10-6-7-10)17-18-13(11)15(21)19-22-5-2;;/h8-10H,4-7H2,1-3H3,(H,19,21)(H,16,17,20);1H4;1H. The van der Waals surface area contributed by atoms with E-state index in [2.05, 4.69) is 21.0 Å². The number of hydroxylamine groups is 1. The summed E-state index contributed by atoms with van der Waals surface area (Å²) in [4.78, 5) is 28.8. The van der Waals surface area contributed by atoms with Crippen LogP contribution in [0.5, 0.6) is 0 Å². The van der Waals surface area contributed by atoms with E-state index < -0.39 is 5.91 Å². The Morgan fingerprint density at radius 2 is 2.09 bits per heavy atom. The lowest BCUT2D eigenvalue weighted by Crippen LogP contribution is -2.27. The first kappa shape index (κ1) is 19.0. The number of nitrogens with one attached hydrogen (secondary N) is 2. The summed E-state index contributed by atoms with van der Waals surface area (Å²) in [6.07, 6.45) is 2.69. The van der Waals surface area contributed by atoms with Crippen molar-refractivity contribution in [2.75, 3.05) is 11.9 Å². The Morgan fingerprint density at radius 3 is 2.65 bits per heavy atom. The Morgan fingerprint density at radius 1 is 1.39 bits per heavy atom. The van der Waals surface area contributed by atoms with E-state index in [4.69, 9.17) is 4.84 Å². The average Bonchev–Trinajstić information content (AvgIpc) is 3.36. The van der Waals surface area contributed by atoms with Gasteiger partial charge in [-0.25, -0.2) is 5.48 Å². The molecule has 1 aliphatic rings. The summed E-state index contributed by atoms with van der Waals surface area (Å²) in [5.41, 5.74) is 3.31. The summed E-state index contributed by atoms with van der Waals surface area (Å²) in [5.74, 6) is 0.144. The van der Waals surface area contributed by atoms with Crippen LogP contribution in [-0.2, 0) is 9.63 Å². The highest BCUT2D eigenvalue weighted by molar-refractivity contribution is 5.95. The van der Waals surface area contributed by atoms with Crippen LogP contribution in [0.25, 0.3) is 0 Å². The molecule has 1 saturated carbocycles. The number of amides is 2. The minimum atomic E-state index is -0.426. The zero-order chi connectivity index (χ0) is 16.1. The highest BCUT2D eigenvalue weighted by Gasteiger charge is 2.30. The second-order valence-electron chi connectivity index (χ2n) is 5.47. The van der Waals surface area contributed by atoms with Crippen molar-refractivity contribution in [2.24, 2.45) is 5.92 Å². The van der Waals surface area contributed by atoms with Crippen molar-refractivity contribution in [3.63, 3.8) is 0 Å².